The van der Waals surface area contributed by atoms with Gasteiger partial charge in [-0.15, -0.1) is 11.3 Å². The fourth-order valence-electron chi connectivity index (χ4n) is 5.05. The summed E-state index contributed by atoms with van der Waals surface area (Å²) in [6.45, 7) is 2.16. The molecule has 5 atom stereocenters. The topological polar surface area (TPSA) is 77.8 Å². The molecule has 3 rings (SSSR count). The fourth-order valence-corrected chi connectivity index (χ4v) is 5.92. The zero-order valence-corrected chi connectivity index (χ0v) is 17.6. The summed E-state index contributed by atoms with van der Waals surface area (Å²) in [4.78, 5) is 12.7. The van der Waals surface area contributed by atoms with Gasteiger partial charge in [0.1, 0.15) is 0 Å². The second kappa shape index (κ2) is 9.66. The molecule has 0 aromatic carbocycles. The van der Waals surface area contributed by atoms with E-state index in [0.717, 1.165) is 49.7 Å². The summed E-state index contributed by atoms with van der Waals surface area (Å²) in [6.07, 6.45) is 11.8. The molecule has 0 radical (unpaired) electrons. The van der Waals surface area contributed by atoms with Gasteiger partial charge in [-0.25, -0.2) is 0 Å². The number of hydrogen-bond acceptors (Lipinski definition) is 5. The van der Waals surface area contributed by atoms with Gasteiger partial charge in [-0.1, -0.05) is 25.5 Å². The van der Waals surface area contributed by atoms with Crippen molar-refractivity contribution in [1.82, 2.24) is 0 Å². The molecule has 3 N–H and O–H groups in total. The van der Waals surface area contributed by atoms with E-state index in [4.69, 9.17) is 0 Å². The van der Waals surface area contributed by atoms with Crippen molar-refractivity contribution < 1.29 is 20.1 Å². The quantitative estimate of drug-likeness (QED) is 0.403. The molecule has 0 amide bonds. The summed E-state index contributed by atoms with van der Waals surface area (Å²) in [5.74, 6) is 0.00720. The zero-order valence-electron chi connectivity index (χ0n) is 16.8. The van der Waals surface area contributed by atoms with E-state index in [0.29, 0.717) is 12.8 Å². The molecule has 2 aliphatic carbocycles. The second-order valence-electron chi connectivity index (χ2n) is 8.67. The molecule has 0 saturated heterocycles. The third-order valence-electron chi connectivity index (χ3n) is 7.15. The number of carbonyl (C=O) groups excluding carboxylic acids is 1. The van der Waals surface area contributed by atoms with Gasteiger partial charge in [0.25, 0.3) is 0 Å². The summed E-state index contributed by atoms with van der Waals surface area (Å²) in [6, 6.07) is 3.85. The summed E-state index contributed by atoms with van der Waals surface area (Å²) >= 11 is 1.52. The van der Waals surface area contributed by atoms with Crippen molar-refractivity contribution in [3.05, 3.63) is 34.0 Å². The Labute approximate surface area is 172 Å². The van der Waals surface area contributed by atoms with Crippen molar-refractivity contribution in [1.29, 1.82) is 0 Å². The number of carbonyl (C=O) groups is 1. The number of aliphatic hydroxyl groups excluding tert-OH is 3. The van der Waals surface area contributed by atoms with Crippen LogP contribution in [-0.4, -0.2) is 39.9 Å². The predicted molar refractivity (Wildman–Crippen MR) is 113 cm³/mol. The lowest BCUT2D eigenvalue weighted by Crippen LogP contribution is -2.40. The maximum absolute atomic E-state index is 10.8. The molecule has 1 aromatic heterocycles. The molecule has 0 bridgehead atoms. The van der Waals surface area contributed by atoms with Crippen LogP contribution >= 0.6 is 11.3 Å². The Kier molecular flexibility index (Phi) is 7.48. The van der Waals surface area contributed by atoms with Crippen LogP contribution in [0.1, 0.15) is 72.8 Å². The van der Waals surface area contributed by atoms with Crippen LogP contribution in [0.25, 0.3) is 0 Å². The van der Waals surface area contributed by atoms with Gasteiger partial charge in [-0.2, -0.15) is 0 Å². The summed E-state index contributed by atoms with van der Waals surface area (Å²) in [5.41, 5.74) is 0.0959. The predicted octanol–water partition coefficient (Wildman–Crippen LogP) is 4.13. The molecule has 2 saturated carbocycles. The van der Waals surface area contributed by atoms with Crippen molar-refractivity contribution in [2.45, 2.75) is 83.0 Å². The average molecular weight is 407 g/mol. The monoisotopic (exact) mass is 406 g/mol. The molecule has 0 aliphatic heterocycles. The van der Waals surface area contributed by atoms with E-state index in [2.05, 4.69) is 6.92 Å². The van der Waals surface area contributed by atoms with Crippen molar-refractivity contribution in [3.63, 3.8) is 0 Å². The van der Waals surface area contributed by atoms with Gasteiger partial charge < -0.3 is 15.3 Å². The first-order chi connectivity index (χ1) is 13.5. The Bertz CT molecular complexity index is 658. The fraction of sp³-hybridized carbons (Fsp3) is 0.696. The number of thiophene rings is 1. The van der Waals surface area contributed by atoms with Crippen LogP contribution in [0.4, 0.5) is 0 Å². The molecule has 0 spiro atoms. The van der Waals surface area contributed by atoms with Gasteiger partial charge in [-0.05, 0) is 68.4 Å². The first-order valence-corrected chi connectivity index (χ1v) is 11.6. The van der Waals surface area contributed by atoms with E-state index < -0.39 is 12.2 Å². The zero-order chi connectivity index (χ0) is 20.1. The molecule has 156 valence electrons. The van der Waals surface area contributed by atoms with Crippen LogP contribution < -0.4 is 0 Å². The van der Waals surface area contributed by atoms with Gasteiger partial charge in [-0.3, -0.25) is 4.79 Å². The highest BCUT2D eigenvalue weighted by Crippen LogP contribution is 2.47. The molecule has 2 fully saturated rings. The molecule has 2 aliphatic rings. The van der Waals surface area contributed by atoms with Crippen LogP contribution in [0.15, 0.2) is 24.3 Å². The highest BCUT2D eigenvalue weighted by atomic mass is 32.1. The first kappa shape index (κ1) is 21.7. The van der Waals surface area contributed by atoms with Crippen LogP contribution in [-0.2, 0) is 6.42 Å². The molecule has 1 heterocycles. The average Bonchev–Trinajstić information content (AvgIpc) is 3.20. The summed E-state index contributed by atoms with van der Waals surface area (Å²) in [7, 11) is 0. The maximum Gasteiger partial charge on any atom is 0.160 e. The lowest BCUT2D eigenvalue weighted by Gasteiger charge is -2.45. The van der Waals surface area contributed by atoms with Crippen molar-refractivity contribution in [2.75, 3.05) is 0 Å². The molecule has 2 unspecified atom stereocenters. The van der Waals surface area contributed by atoms with Crippen LogP contribution in [0.5, 0.6) is 0 Å². The van der Waals surface area contributed by atoms with Crippen LogP contribution in [0, 0.1) is 17.3 Å². The van der Waals surface area contributed by atoms with Gasteiger partial charge in [0.05, 0.1) is 23.2 Å². The number of aliphatic hydroxyl groups is 3. The lowest BCUT2D eigenvalue weighted by molar-refractivity contribution is -0.0355. The lowest BCUT2D eigenvalue weighted by atomic mass is 9.63. The Morgan fingerprint density at radius 2 is 2.07 bits per heavy atom. The van der Waals surface area contributed by atoms with E-state index >= 15 is 0 Å². The minimum absolute atomic E-state index is 0.0463. The Morgan fingerprint density at radius 3 is 2.68 bits per heavy atom. The standard InChI is InChI=1S/C23H34O4S/c1-2-23(12-5-13-23)22(27)9-4-8-19-18(20(25)14-21(19)26)7-3-6-16-10-11-17(15-24)28-16/h4,8,10-11,15,18-22,25-27H,2-3,5-7,9,12-14H2,1H3/b8-4+/t18-,19?,20+,21-,22?/m1/s1. The minimum Gasteiger partial charge on any atom is -0.393 e. The van der Waals surface area contributed by atoms with Crippen LogP contribution in [0.2, 0.25) is 0 Å². The van der Waals surface area contributed by atoms with Crippen molar-refractivity contribution in [2.24, 2.45) is 17.3 Å². The van der Waals surface area contributed by atoms with Crippen molar-refractivity contribution in [3.8, 4) is 0 Å². The minimum atomic E-state index is -0.513. The number of aryl methyl sites for hydroxylation is 1. The third-order valence-corrected chi connectivity index (χ3v) is 8.22. The largest absolute Gasteiger partial charge is 0.393 e. The van der Waals surface area contributed by atoms with Gasteiger partial charge in [0.15, 0.2) is 6.29 Å². The van der Waals surface area contributed by atoms with Crippen molar-refractivity contribution >= 4 is 17.6 Å². The first-order valence-electron chi connectivity index (χ1n) is 10.7. The SMILES string of the molecule is CCC1(C(O)C/C=C/C2[C@H](O)C[C@H](O)[C@@H]2CCCc2ccc(C=O)s2)CCC1. The van der Waals surface area contributed by atoms with Gasteiger partial charge in [0.2, 0.25) is 0 Å². The second-order valence-corrected chi connectivity index (χ2v) is 9.87. The normalized spacial score (nSPS) is 30.4. The van der Waals surface area contributed by atoms with E-state index in [1.54, 1.807) is 0 Å². The molecule has 4 nitrogen and oxygen atoms in total. The van der Waals surface area contributed by atoms with E-state index in [-0.39, 0.29) is 23.4 Å². The smallest absolute Gasteiger partial charge is 0.160 e. The highest BCUT2D eigenvalue weighted by Gasteiger charge is 2.42. The molecule has 28 heavy (non-hydrogen) atoms. The molecule has 1 aromatic rings. The van der Waals surface area contributed by atoms with E-state index in [1.165, 1.54) is 22.6 Å². The molecular weight excluding hydrogens is 372 g/mol. The third kappa shape index (κ3) is 4.76. The number of rotatable bonds is 10. The Hall–Kier alpha value is -1.01. The number of aldehydes is 1. The number of hydrogen-bond donors (Lipinski definition) is 3. The Balaban J connectivity index is 1.52. The summed E-state index contributed by atoms with van der Waals surface area (Å²) in [5, 5.41) is 31.4. The highest BCUT2D eigenvalue weighted by molar-refractivity contribution is 7.13. The van der Waals surface area contributed by atoms with Gasteiger partial charge >= 0.3 is 0 Å². The maximum atomic E-state index is 10.8. The molecular formula is C23H34O4S. The molecule has 5 heteroatoms. The van der Waals surface area contributed by atoms with Gasteiger partial charge in [0, 0.05) is 17.2 Å². The van der Waals surface area contributed by atoms with E-state index in [9.17, 15) is 20.1 Å². The van der Waals surface area contributed by atoms with Crippen LogP contribution in [0.3, 0.4) is 0 Å². The Morgan fingerprint density at radius 1 is 1.29 bits per heavy atom. The van der Waals surface area contributed by atoms with E-state index in [1.807, 2.05) is 24.3 Å². The summed E-state index contributed by atoms with van der Waals surface area (Å²) < 4.78 is 0.